The zero-order valence-electron chi connectivity index (χ0n) is 14.2. The van der Waals surface area contributed by atoms with E-state index in [-0.39, 0.29) is 17.9 Å². The molecule has 4 rings (SSSR count). The van der Waals surface area contributed by atoms with Crippen molar-refractivity contribution >= 4 is 16.9 Å². The Labute approximate surface area is 145 Å². The zero-order valence-corrected chi connectivity index (χ0v) is 14.2. The van der Waals surface area contributed by atoms with Crippen LogP contribution in [0.1, 0.15) is 38.6 Å². The highest BCUT2D eigenvalue weighted by Crippen LogP contribution is 2.32. The number of likely N-dealkylation sites (tertiary alicyclic amines) is 1. The van der Waals surface area contributed by atoms with Crippen LogP contribution < -0.4 is 0 Å². The molecule has 0 aliphatic carbocycles. The molecule has 1 aromatic carbocycles. The van der Waals surface area contributed by atoms with Crippen LogP contribution in [0.5, 0.6) is 0 Å². The van der Waals surface area contributed by atoms with E-state index in [2.05, 4.69) is 34.0 Å². The van der Waals surface area contributed by atoms with Crippen LogP contribution in [0.2, 0.25) is 0 Å². The minimum Gasteiger partial charge on any atom is -0.337 e. The second-order valence-corrected chi connectivity index (χ2v) is 6.60. The summed E-state index contributed by atoms with van der Waals surface area (Å²) in [5, 5.41) is 4.12. The number of hydrogen-bond acceptors (Lipinski definition) is 6. The lowest BCUT2D eigenvalue weighted by Crippen LogP contribution is -2.33. The van der Waals surface area contributed by atoms with Crippen molar-refractivity contribution in [3.63, 3.8) is 0 Å². The molecule has 0 bridgehead atoms. The van der Waals surface area contributed by atoms with Gasteiger partial charge < -0.3 is 9.42 Å². The summed E-state index contributed by atoms with van der Waals surface area (Å²) >= 11 is 0. The summed E-state index contributed by atoms with van der Waals surface area (Å²) in [4.78, 5) is 27.1. The number of fused-ring (bicyclic) bond motifs is 1. The van der Waals surface area contributed by atoms with Crippen molar-refractivity contribution in [1.29, 1.82) is 0 Å². The molecule has 3 heterocycles. The number of amides is 1. The molecule has 0 N–H and O–H groups in total. The van der Waals surface area contributed by atoms with Gasteiger partial charge in [-0.05, 0) is 30.5 Å². The third kappa shape index (κ3) is 2.86. The first-order chi connectivity index (χ1) is 12.1. The van der Waals surface area contributed by atoms with Crippen LogP contribution in [0.4, 0.5) is 0 Å². The van der Waals surface area contributed by atoms with Crippen LogP contribution in [-0.2, 0) is 4.79 Å². The molecular weight excluding hydrogens is 318 g/mol. The first kappa shape index (κ1) is 15.7. The van der Waals surface area contributed by atoms with E-state index in [0.717, 1.165) is 29.6 Å². The van der Waals surface area contributed by atoms with E-state index in [1.54, 1.807) is 12.4 Å². The Bertz CT molecular complexity index is 920. The van der Waals surface area contributed by atoms with E-state index < -0.39 is 0 Å². The highest BCUT2D eigenvalue weighted by atomic mass is 16.5. The van der Waals surface area contributed by atoms with Gasteiger partial charge in [0.05, 0.1) is 11.0 Å². The van der Waals surface area contributed by atoms with Crippen LogP contribution in [0.3, 0.4) is 0 Å². The van der Waals surface area contributed by atoms with Gasteiger partial charge in [-0.25, -0.2) is 0 Å². The maximum atomic E-state index is 12.1. The molecule has 25 heavy (non-hydrogen) atoms. The third-order valence-corrected chi connectivity index (χ3v) is 4.50. The minimum absolute atomic E-state index is 0.152. The fourth-order valence-corrected chi connectivity index (χ4v) is 3.32. The predicted octanol–water partition coefficient (Wildman–Crippen LogP) is 3.00. The lowest BCUT2D eigenvalue weighted by molar-refractivity contribution is -0.131. The second kappa shape index (κ2) is 6.23. The highest BCUT2D eigenvalue weighted by molar-refractivity contribution is 5.79. The topological polar surface area (TPSA) is 85.0 Å². The van der Waals surface area contributed by atoms with Gasteiger partial charge in [-0.1, -0.05) is 19.0 Å². The molecule has 1 aliphatic heterocycles. The van der Waals surface area contributed by atoms with Crippen LogP contribution >= 0.6 is 0 Å². The van der Waals surface area contributed by atoms with Crippen molar-refractivity contribution in [3.05, 3.63) is 36.5 Å². The summed E-state index contributed by atoms with van der Waals surface area (Å²) in [5.41, 5.74) is 2.41. The molecule has 1 fully saturated rings. The molecule has 3 aromatic rings. The van der Waals surface area contributed by atoms with Crippen molar-refractivity contribution < 1.29 is 9.32 Å². The summed E-state index contributed by atoms with van der Waals surface area (Å²) in [7, 11) is 0. The van der Waals surface area contributed by atoms with E-state index in [1.165, 1.54) is 0 Å². The van der Waals surface area contributed by atoms with Crippen LogP contribution in [0.25, 0.3) is 22.4 Å². The lowest BCUT2D eigenvalue weighted by atomic mass is 10.0. The van der Waals surface area contributed by atoms with Gasteiger partial charge in [-0.2, -0.15) is 4.98 Å². The van der Waals surface area contributed by atoms with E-state index in [0.29, 0.717) is 18.1 Å². The molecule has 0 spiro atoms. The number of carbonyl (C=O) groups is 1. The summed E-state index contributed by atoms with van der Waals surface area (Å²) < 4.78 is 5.52. The Hall–Kier alpha value is -2.83. The summed E-state index contributed by atoms with van der Waals surface area (Å²) in [6, 6.07) is 5.49. The molecule has 0 radical (unpaired) electrons. The maximum Gasteiger partial charge on any atom is 0.250 e. The Balaban J connectivity index is 1.69. The van der Waals surface area contributed by atoms with Gasteiger partial charge in [0.1, 0.15) is 6.04 Å². The van der Waals surface area contributed by atoms with Crippen molar-refractivity contribution in [3.8, 4) is 11.4 Å². The predicted molar refractivity (Wildman–Crippen MR) is 91.4 cm³/mol. The van der Waals surface area contributed by atoms with Crippen LogP contribution in [0.15, 0.2) is 35.1 Å². The Morgan fingerprint density at radius 1 is 1.16 bits per heavy atom. The molecule has 1 aliphatic rings. The van der Waals surface area contributed by atoms with Crippen LogP contribution in [-0.4, -0.2) is 37.5 Å². The molecule has 0 saturated carbocycles. The third-order valence-electron chi connectivity index (χ3n) is 4.50. The number of rotatable bonds is 4. The van der Waals surface area contributed by atoms with Gasteiger partial charge in [0.15, 0.2) is 0 Å². The summed E-state index contributed by atoms with van der Waals surface area (Å²) in [6.07, 6.45) is 4.79. The van der Waals surface area contributed by atoms with Crippen molar-refractivity contribution in [2.24, 2.45) is 5.92 Å². The monoisotopic (exact) mass is 337 g/mol. The normalized spacial score (nSPS) is 16.1. The van der Waals surface area contributed by atoms with Gasteiger partial charge in [-0.15, -0.1) is 0 Å². The van der Waals surface area contributed by atoms with Crippen molar-refractivity contribution in [2.45, 2.75) is 32.7 Å². The number of hydrogen-bond donors (Lipinski definition) is 0. The van der Waals surface area contributed by atoms with E-state index in [1.807, 2.05) is 23.1 Å². The van der Waals surface area contributed by atoms with Gasteiger partial charge in [0.2, 0.25) is 17.6 Å². The average Bonchev–Trinajstić information content (AvgIpc) is 3.25. The molecule has 1 amide bonds. The summed E-state index contributed by atoms with van der Waals surface area (Å²) in [6.45, 7) is 4.86. The smallest absolute Gasteiger partial charge is 0.250 e. The molecule has 2 aromatic heterocycles. The fourth-order valence-electron chi connectivity index (χ4n) is 3.32. The highest BCUT2D eigenvalue weighted by Gasteiger charge is 2.34. The number of benzene rings is 1. The molecule has 7 nitrogen and oxygen atoms in total. The Kier molecular flexibility index (Phi) is 3.91. The average molecular weight is 337 g/mol. The zero-order chi connectivity index (χ0) is 17.4. The fraction of sp³-hybridized carbons (Fsp3) is 0.389. The molecule has 1 atom stereocenters. The molecule has 128 valence electrons. The molecular formula is C18H19N5O2. The van der Waals surface area contributed by atoms with Crippen LogP contribution in [0, 0.1) is 5.92 Å². The largest absolute Gasteiger partial charge is 0.337 e. The van der Waals surface area contributed by atoms with E-state index >= 15 is 0 Å². The standard InChI is InChI=1S/C18H19N5O2/c1-11(2)16(23-9-3-4-15(23)24)18-21-17(22-25-18)12-5-6-13-14(10-12)20-8-7-19-13/h5-8,10-11,16H,3-4,9H2,1-2H3. The van der Waals surface area contributed by atoms with Gasteiger partial charge in [-0.3, -0.25) is 14.8 Å². The molecule has 1 unspecified atom stereocenters. The molecule has 1 saturated heterocycles. The SMILES string of the molecule is CC(C)C(c1nc(-c2ccc3nccnc3c2)no1)N1CCCC1=O. The van der Waals surface area contributed by atoms with Gasteiger partial charge >= 0.3 is 0 Å². The first-order valence-electron chi connectivity index (χ1n) is 8.47. The van der Waals surface area contributed by atoms with Crippen molar-refractivity contribution in [1.82, 2.24) is 25.0 Å². The number of carbonyl (C=O) groups excluding carboxylic acids is 1. The Morgan fingerprint density at radius 2 is 1.96 bits per heavy atom. The number of nitrogens with zero attached hydrogens (tertiary/aromatic N) is 5. The second-order valence-electron chi connectivity index (χ2n) is 6.60. The van der Waals surface area contributed by atoms with E-state index in [4.69, 9.17) is 4.52 Å². The Morgan fingerprint density at radius 3 is 2.68 bits per heavy atom. The quantitative estimate of drug-likeness (QED) is 0.727. The van der Waals surface area contributed by atoms with Crippen molar-refractivity contribution in [2.75, 3.05) is 6.54 Å². The molecule has 7 heteroatoms. The lowest BCUT2D eigenvalue weighted by Gasteiger charge is -2.27. The maximum absolute atomic E-state index is 12.1. The van der Waals surface area contributed by atoms with Gasteiger partial charge in [0, 0.05) is 30.9 Å². The summed E-state index contributed by atoms with van der Waals surface area (Å²) in [5.74, 6) is 1.33. The minimum atomic E-state index is -0.184. The number of aromatic nitrogens is 4. The first-order valence-corrected chi connectivity index (χ1v) is 8.47. The van der Waals surface area contributed by atoms with Gasteiger partial charge in [0.25, 0.3) is 0 Å². The van der Waals surface area contributed by atoms with E-state index in [9.17, 15) is 4.79 Å².